The van der Waals surface area contributed by atoms with Crippen LogP contribution in [0.1, 0.15) is 18.9 Å². The largest absolute Gasteiger partial charge is 0.464 e. The minimum Gasteiger partial charge on any atom is -0.464 e. The molecule has 2 fully saturated rings. The lowest BCUT2D eigenvalue weighted by Crippen LogP contribution is -2.54. The van der Waals surface area contributed by atoms with Gasteiger partial charge in [-0.25, -0.2) is 0 Å². The van der Waals surface area contributed by atoms with Crippen molar-refractivity contribution in [1.29, 1.82) is 0 Å². The third kappa shape index (κ3) is 2.69. The molecule has 1 N–H and O–H groups in total. The summed E-state index contributed by atoms with van der Waals surface area (Å²) in [6, 6.07) is 8.14. The Hall–Kier alpha value is -1.69. The topological polar surface area (TPSA) is 56.9 Å². The van der Waals surface area contributed by atoms with Crippen molar-refractivity contribution in [3.63, 3.8) is 0 Å². The van der Waals surface area contributed by atoms with Crippen LogP contribution in [0.4, 0.5) is 0 Å². The van der Waals surface area contributed by atoms with Gasteiger partial charge in [-0.2, -0.15) is 0 Å². The van der Waals surface area contributed by atoms with Gasteiger partial charge >= 0.3 is 0 Å². The van der Waals surface area contributed by atoms with Crippen molar-refractivity contribution in [1.82, 2.24) is 9.80 Å². The first-order valence-electron chi connectivity index (χ1n) is 8.27. The molecule has 5 heteroatoms. The molecule has 3 heterocycles. The zero-order valence-corrected chi connectivity index (χ0v) is 13.3. The summed E-state index contributed by atoms with van der Waals surface area (Å²) in [7, 11) is 0. The molecule has 2 saturated heterocycles. The number of piperazine rings is 1. The molecule has 5 nitrogen and oxygen atoms in total. The van der Waals surface area contributed by atoms with E-state index in [-0.39, 0.29) is 11.5 Å². The summed E-state index contributed by atoms with van der Waals surface area (Å²) in [5, 5.41) is 10.5. The van der Waals surface area contributed by atoms with Crippen LogP contribution < -0.4 is 5.43 Å². The van der Waals surface area contributed by atoms with E-state index >= 15 is 0 Å². The van der Waals surface area contributed by atoms with Crippen LogP contribution in [-0.4, -0.2) is 52.7 Å². The molecule has 1 aromatic carbocycles. The number of aliphatic hydroxyl groups excluding tert-OH is 1. The van der Waals surface area contributed by atoms with E-state index in [1.165, 1.54) is 0 Å². The van der Waals surface area contributed by atoms with Gasteiger partial charge in [0.05, 0.1) is 17.8 Å². The molecule has 23 heavy (non-hydrogen) atoms. The highest BCUT2D eigenvalue weighted by Gasteiger charge is 2.38. The first kappa shape index (κ1) is 14.9. The van der Waals surface area contributed by atoms with E-state index in [2.05, 4.69) is 16.7 Å². The highest BCUT2D eigenvalue weighted by molar-refractivity contribution is 5.76. The minimum atomic E-state index is -0.210. The number of fused-ring (bicyclic) bond motifs is 2. The maximum Gasteiger partial charge on any atom is 0.197 e. The monoisotopic (exact) mass is 314 g/mol. The maximum absolute atomic E-state index is 12.7. The van der Waals surface area contributed by atoms with Crippen LogP contribution in [0.15, 0.2) is 39.7 Å². The standard InChI is InChI=1S/C18H22N2O3/c1-12-7-20-10-15(21)6-14(20)9-19(12)8-13-11-23-17-5-3-2-4-16(17)18(13)22/h2-5,11-12,14-15,21H,6-10H2,1H3/t12-,14-,15+/m0/s1. The number of hydrogen-bond donors (Lipinski definition) is 1. The van der Waals surface area contributed by atoms with Gasteiger partial charge in [0.2, 0.25) is 0 Å². The van der Waals surface area contributed by atoms with E-state index < -0.39 is 0 Å². The van der Waals surface area contributed by atoms with Crippen LogP contribution in [0.5, 0.6) is 0 Å². The van der Waals surface area contributed by atoms with Crippen LogP contribution in [0.25, 0.3) is 11.0 Å². The van der Waals surface area contributed by atoms with Crippen LogP contribution in [0.2, 0.25) is 0 Å². The molecule has 2 aliphatic rings. The van der Waals surface area contributed by atoms with E-state index in [0.717, 1.165) is 26.1 Å². The highest BCUT2D eigenvalue weighted by Crippen LogP contribution is 2.26. The Bertz CT molecular complexity index is 772. The predicted molar refractivity (Wildman–Crippen MR) is 88.3 cm³/mol. The van der Waals surface area contributed by atoms with Crippen LogP contribution in [-0.2, 0) is 6.54 Å². The van der Waals surface area contributed by atoms with Gasteiger partial charge in [0.15, 0.2) is 5.43 Å². The van der Waals surface area contributed by atoms with Gasteiger partial charge in [0.25, 0.3) is 0 Å². The number of aliphatic hydroxyl groups is 1. The van der Waals surface area contributed by atoms with Crippen molar-refractivity contribution in [2.75, 3.05) is 19.6 Å². The second-order valence-electron chi connectivity index (χ2n) is 6.86. The molecule has 122 valence electrons. The minimum absolute atomic E-state index is 0.0629. The van der Waals surface area contributed by atoms with Crippen molar-refractivity contribution in [2.45, 2.75) is 38.1 Å². The first-order valence-corrected chi connectivity index (χ1v) is 8.27. The molecule has 0 amide bonds. The van der Waals surface area contributed by atoms with E-state index in [4.69, 9.17) is 4.42 Å². The van der Waals surface area contributed by atoms with Crippen molar-refractivity contribution in [2.24, 2.45) is 0 Å². The predicted octanol–water partition coefficient (Wildman–Crippen LogP) is 1.43. The quantitative estimate of drug-likeness (QED) is 0.909. The number of rotatable bonds is 2. The van der Waals surface area contributed by atoms with E-state index in [9.17, 15) is 9.90 Å². The van der Waals surface area contributed by atoms with Gasteiger partial charge in [-0.1, -0.05) is 12.1 Å². The van der Waals surface area contributed by atoms with E-state index in [0.29, 0.717) is 35.2 Å². The van der Waals surface area contributed by atoms with Gasteiger partial charge in [0, 0.05) is 43.8 Å². The highest BCUT2D eigenvalue weighted by atomic mass is 16.3. The summed E-state index contributed by atoms with van der Waals surface area (Å²) in [5.74, 6) is 0. The second-order valence-corrected chi connectivity index (χ2v) is 6.86. The normalized spacial score (nSPS) is 29.0. The molecule has 1 aromatic heterocycles. The van der Waals surface area contributed by atoms with Crippen LogP contribution in [0.3, 0.4) is 0 Å². The molecule has 0 unspecified atom stereocenters. The molecule has 2 aliphatic heterocycles. The Morgan fingerprint density at radius 3 is 2.96 bits per heavy atom. The zero-order chi connectivity index (χ0) is 16.0. The number of para-hydroxylation sites is 1. The van der Waals surface area contributed by atoms with Crippen molar-refractivity contribution >= 4 is 11.0 Å². The SMILES string of the molecule is C[C@H]1CN2C[C@H](O)C[C@H]2CN1Cc1coc2ccccc2c1=O. The molecule has 0 saturated carbocycles. The average Bonchev–Trinajstić information content (AvgIpc) is 2.89. The van der Waals surface area contributed by atoms with Gasteiger partial charge in [-0.05, 0) is 25.5 Å². The van der Waals surface area contributed by atoms with Crippen LogP contribution >= 0.6 is 0 Å². The summed E-state index contributed by atoms with van der Waals surface area (Å²) < 4.78 is 5.63. The lowest BCUT2D eigenvalue weighted by Gasteiger charge is -2.42. The molecule has 3 atom stereocenters. The summed E-state index contributed by atoms with van der Waals surface area (Å²) >= 11 is 0. The maximum atomic E-state index is 12.7. The summed E-state index contributed by atoms with van der Waals surface area (Å²) in [4.78, 5) is 17.4. The summed E-state index contributed by atoms with van der Waals surface area (Å²) in [5.41, 5.74) is 1.41. The zero-order valence-electron chi connectivity index (χ0n) is 13.3. The number of benzene rings is 1. The van der Waals surface area contributed by atoms with Gasteiger partial charge in [0.1, 0.15) is 5.58 Å². The van der Waals surface area contributed by atoms with Gasteiger partial charge in [-0.3, -0.25) is 14.6 Å². The van der Waals surface area contributed by atoms with E-state index in [1.807, 2.05) is 24.3 Å². The Morgan fingerprint density at radius 1 is 1.26 bits per heavy atom. The molecule has 0 aliphatic carbocycles. The fourth-order valence-electron chi connectivity index (χ4n) is 3.94. The van der Waals surface area contributed by atoms with Crippen molar-refractivity contribution in [3.8, 4) is 0 Å². The average molecular weight is 314 g/mol. The molecule has 4 rings (SSSR count). The lowest BCUT2D eigenvalue weighted by atomic mass is 10.1. The van der Waals surface area contributed by atoms with Crippen LogP contribution in [0, 0.1) is 0 Å². The Morgan fingerprint density at radius 2 is 2.09 bits per heavy atom. The third-order valence-electron chi connectivity index (χ3n) is 5.20. The molecule has 0 spiro atoms. The molecule has 2 aromatic rings. The van der Waals surface area contributed by atoms with Gasteiger partial charge < -0.3 is 9.52 Å². The fraction of sp³-hybridized carbons (Fsp3) is 0.500. The molecular formula is C18H22N2O3. The lowest BCUT2D eigenvalue weighted by molar-refractivity contribution is 0.0523. The summed E-state index contributed by atoms with van der Waals surface area (Å²) in [6.45, 7) is 5.41. The van der Waals surface area contributed by atoms with Gasteiger partial charge in [-0.15, -0.1) is 0 Å². The summed E-state index contributed by atoms with van der Waals surface area (Å²) in [6.07, 6.45) is 2.22. The Labute approximate surface area is 135 Å². The smallest absolute Gasteiger partial charge is 0.197 e. The molecule has 0 bridgehead atoms. The number of hydrogen-bond acceptors (Lipinski definition) is 5. The third-order valence-corrected chi connectivity index (χ3v) is 5.20. The first-order chi connectivity index (χ1) is 11.1. The van der Waals surface area contributed by atoms with Crippen molar-refractivity contribution in [3.05, 3.63) is 46.3 Å². The number of nitrogens with zero attached hydrogens (tertiary/aromatic N) is 2. The molecule has 0 radical (unpaired) electrons. The Kier molecular flexibility index (Phi) is 3.71. The van der Waals surface area contributed by atoms with E-state index in [1.54, 1.807) is 6.26 Å². The van der Waals surface area contributed by atoms with Crippen molar-refractivity contribution < 1.29 is 9.52 Å². The fourth-order valence-corrected chi connectivity index (χ4v) is 3.94. The Balaban J connectivity index is 1.58. The molecular weight excluding hydrogens is 292 g/mol. The second kappa shape index (κ2) is 5.74.